The van der Waals surface area contributed by atoms with E-state index in [0.29, 0.717) is 30.8 Å². The molecule has 2 unspecified atom stereocenters. The number of nitrogens with one attached hydrogen (secondary N) is 2. The number of alkyl halides is 3. The predicted molar refractivity (Wildman–Crippen MR) is 117 cm³/mol. The fourth-order valence-electron chi connectivity index (χ4n) is 4.81. The average molecular weight is 442 g/mol. The lowest BCUT2D eigenvalue weighted by atomic mass is 9.72. The highest BCUT2D eigenvalue weighted by Gasteiger charge is 2.59. The number of esters is 1. The van der Waals surface area contributed by atoms with Crippen LogP contribution in [0.2, 0.25) is 0 Å². The number of unbranched alkanes of at least 4 members (excludes halogenated alkanes) is 2. The summed E-state index contributed by atoms with van der Waals surface area (Å²) < 4.78 is 48.1. The largest absolute Gasteiger partial charge is 0.459 e. The van der Waals surface area contributed by atoms with Crippen LogP contribution in [-0.2, 0) is 21.1 Å². The van der Waals surface area contributed by atoms with Crippen molar-refractivity contribution in [1.29, 1.82) is 0 Å². The van der Waals surface area contributed by atoms with Gasteiger partial charge in [0.2, 0.25) is 0 Å². The molecule has 2 N–H and O–H groups in total. The van der Waals surface area contributed by atoms with E-state index in [1.807, 2.05) is 0 Å². The number of fused-ring (bicyclic) bond motifs is 3. The molecule has 8 heteroatoms. The number of hydrogen-bond acceptors (Lipinski definition) is 5. The molecular formula is C23H34F3N3O2. The summed E-state index contributed by atoms with van der Waals surface area (Å²) in [6.07, 6.45) is -1.08. The highest BCUT2D eigenvalue weighted by atomic mass is 19.4. The minimum absolute atomic E-state index is 0.0890. The summed E-state index contributed by atoms with van der Waals surface area (Å²) in [5.41, 5.74) is -1.75. The maximum atomic E-state index is 14.1. The summed E-state index contributed by atoms with van der Waals surface area (Å²) in [4.78, 5) is 15.1. The second-order valence-corrected chi connectivity index (χ2v) is 9.62. The topological polar surface area (TPSA) is 53.6 Å². The van der Waals surface area contributed by atoms with Crippen molar-refractivity contribution in [2.45, 2.75) is 76.6 Å². The van der Waals surface area contributed by atoms with E-state index in [0.717, 1.165) is 19.3 Å². The first-order valence-corrected chi connectivity index (χ1v) is 11.1. The van der Waals surface area contributed by atoms with Crippen molar-refractivity contribution in [3.05, 3.63) is 23.3 Å². The molecule has 2 atom stereocenters. The van der Waals surface area contributed by atoms with Gasteiger partial charge in [-0.15, -0.1) is 0 Å². The van der Waals surface area contributed by atoms with Gasteiger partial charge in [-0.05, 0) is 57.9 Å². The highest BCUT2D eigenvalue weighted by molar-refractivity contribution is 5.93. The van der Waals surface area contributed by atoms with E-state index >= 15 is 0 Å². The Balaban J connectivity index is 2.15. The van der Waals surface area contributed by atoms with Crippen molar-refractivity contribution < 1.29 is 22.7 Å². The zero-order valence-electron chi connectivity index (χ0n) is 19.1. The smallest absolute Gasteiger partial charge is 0.418 e. The Morgan fingerprint density at radius 3 is 2.61 bits per heavy atom. The Morgan fingerprint density at radius 2 is 2.00 bits per heavy atom. The van der Waals surface area contributed by atoms with Crippen LogP contribution < -0.4 is 15.5 Å². The lowest BCUT2D eigenvalue weighted by molar-refractivity contribution is -0.163. The molecule has 2 aliphatic rings. The fourth-order valence-corrected chi connectivity index (χ4v) is 4.81. The van der Waals surface area contributed by atoms with Crippen molar-refractivity contribution in [3.63, 3.8) is 0 Å². The van der Waals surface area contributed by atoms with Crippen LogP contribution in [-0.4, -0.2) is 44.3 Å². The molecule has 31 heavy (non-hydrogen) atoms. The first-order valence-electron chi connectivity index (χ1n) is 11.1. The molecule has 0 bridgehead atoms. The summed E-state index contributed by atoms with van der Waals surface area (Å²) in [6.45, 7) is 8.88. The van der Waals surface area contributed by atoms with Crippen LogP contribution in [0.3, 0.4) is 0 Å². The van der Waals surface area contributed by atoms with Gasteiger partial charge in [-0.1, -0.05) is 19.8 Å². The summed E-state index contributed by atoms with van der Waals surface area (Å²) in [7, 11) is 1.66. The Hall–Kier alpha value is -1.96. The number of carbonyl (C=O) groups excluding carboxylic acids is 1. The van der Waals surface area contributed by atoms with Crippen LogP contribution in [0.25, 0.3) is 0 Å². The predicted octanol–water partition coefficient (Wildman–Crippen LogP) is 4.70. The van der Waals surface area contributed by atoms with Gasteiger partial charge in [0.1, 0.15) is 11.0 Å². The van der Waals surface area contributed by atoms with Crippen molar-refractivity contribution in [1.82, 2.24) is 5.32 Å². The van der Waals surface area contributed by atoms with Gasteiger partial charge in [0.15, 0.2) is 0 Å². The Kier molecular flexibility index (Phi) is 6.52. The molecule has 1 aromatic carbocycles. The first-order chi connectivity index (χ1) is 14.4. The number of nitrogens with zero attached hydrogens (tertiary/aromatic N) is 1. The molecule has 1 aromatic rings. The normalized spacial score (nSPS) is 23.4. The van der Waals surface area contributed by atoms with E-state index < -0.39 is 34.8 Å². The monoisotopic (exact) mass is 441 g/mol. The number of benzene rings is 1. The number of ether oxygens (including phenoxy) is 1. The zero-order chi connectivity index (χ0) is 23.0. The van der Waals surface area contributed by atoms with Crippen LogP contribution in [0.15, 0.2) is 12.1 Å². The average Bonchev–Trinajstić information content (AvgIpc) is 2.93. The molecule has 0 amide bonds. The van der Waals surface area contributed by atoms with Crippen LogP contribution in [0, 0.1) is 0 Å². The Morgan fingerprint density at radius 1 is 1.29 bits per heavy atom. The van der Waals surface area contributed by atoms with E-state index in [2.05, 4.69) is 17.6 Å². The summed E-state index contributed by atoms with van der Waals surface area (Å²) in [6, 6.07) is 2.51. The molecular weight excluding hydrogens is 407 g/mol. The molecule has 0 aliphatic carbocycles. The number of anilines is 2. The van der Waals surface area contributed by atoms with Gasteiger partial charge in [-0.2, -0.15) is 13.2 Å². The molecule has 5 nitrogen and oxygen atoms in total. The molecule has 2 heterocycles. The van der Waals surface area contributed by atoms with Gasteiger partial charge in [0, 0.05) is 25.8 Å². The molecule has 0 aromatic heterocycles. The lowest BCUT2D eigenvalue weighted by Gasteiger charge is -2.41. The van der Waals surface area contributed by atoms with Crippen molar-refractivity contribution in [2.75, 3.05) is 36.9 Å². The van der Waals surface area contributed by atoms with Gasteiger partial charge in [0.05, 0.1) is 17.3 Å². The Labute approximate surface area is 182 Å². The lowest BCUT2D eigenvalue weighted by Crippen LogP contribution is -2.60. The van der Waals surface area contributed by atoms with E-state index in [1.54, 1.807) is 38.8 Å². The maximum Gasteiger partial charge on any atom is 0.418 e. The zero-order valence-corrected chi connectivity index (χ0v) is 19.1. The third-order valence-electron chi connectivity index (χ3n) is 6.16. The fraction of sp³-hybridized carbons (Fsp3) is 0.696. The summed E-state index contributed by atoms with van der Waals surface area (Å²) in [5.74, 6) is -0.473. The molecule has 1 fully saturated rings. The minimum atomic E-state index is -4.53. The third kappa shape index (κ3) is 4.49. The van der Waals surface area contributed by atoms with Crippen molar-refractivity contribution >= 4 is 17.3 Å². The van der Waals surface area contributed by atoms with E-state index in [9.17, 15) is 18.0 Å². The summed E-state index contributed by atoms with van der Waals surface area (Å²) >= 11 is 0. The standard InChI is InChI=1S/C23H34F3N3O2/c1-6-7-8-10-28-15-12-16-19(17(13-15)23(24,25)26)29(5)18-9-11-27-14-22(16,18)20(30)31-21(2,3)4/h12-13,18,27-28H,6-11,14H2,1-5H3. The number of hydrogen-bond donors (Lipinski definition) is 2. The SMILES string of the molecule is CCCCCNc1cc(C(F)(F)F)c2c(c1)C1(C(=O)OC(C)(C)C)CNCCC1N2C. The Bertz CT molecular complexity index is 820. The van der Waals surface area contributed by atoms with Gasteiger partial charge in [0.25, 0.3) is 0 Å². The van der Waals surface area contributed by atoms with Crippen molar-refractivity contribution in [3.8, 4) is 0 Å². The molecule has 1 saturated heterocycles. The second-order valence-electron chi connectivity index (χ2n) is 9.62. The molecule has 0 radical (unpaired) electrons. The number of likely N-dealkylation sites (N-methyl/N-ethyl adjacent to an activating group) is 1. The second kappa shape index (κ2) is 8.52. The first kappa shape index (κ1) is 23.7. The molecule has 0 spiro atoms. The number of carbonyl (C=O) groups is 1. The van der Waals surface area contributed by atoms with Gasteiger partial charge in [-0.3, -0.25) is 4.79 Å². The van der Waals surface area contributed by atoms with E-state index in [1.165, 1.54) is 6.07 Å². The van der Waals surface area contributed by atoms with E-state index in [4.69, 9.17) is 4.74 Å². The molecule has 3 rings (SSSR count). The van der Waals surface area contributed by atoms with Gasteiger partial charge < -0.3 is 20.3 Å². The van der Waals surface area contributed by atoms with Gasteiger partial charge >= 0.3 is 12.1 Å². The van der Waals surface area contributed by atoms with Crippen LogP contribution in [0.1, 0.15) is 64.5 Å². The van der Waals surface area contributed by atoms with E-state index in [-0.39, 0.29) is 12.2 Å². The molecule has 2 aliphatic heterocycles. The highest BCUT2D eigenvalue weighted by Crippen LogP contribution is 2.53. The third-order valence-corrected chi connectivity index (χ3v) is 6.16. The number of piperidine rings is 1. The van der Waals surface area contributed by atoms with Crippen LogP contribution in [0.4, 0.5) is 24.5 Å². The summed E-state index contributed by atoms with van der Waals surface area (Å²) in [5, 5.41) is 6.38. The maximum absolute atomic E-state index is 14.1. The quantitative estimate of drug-likeness (QED) is 0.495. The van der Waals surface area contributed by atoms with Crippen molar-refractivity contribution in [2.24, 2.45) is 0 Å². The van der Waals surface area contributed by atoms with Crippen LogP contribution in [0.5, 0.6) is 0 Å². The molecule has 0 saturated carbocycles. The van der Waals surface area contributed by atoms with Crippen LogP contribution >= 0.6 is 0 Å². The number of halogens is 3. The number of rotatable bonds is 6. The minimum Gasteiger partial charge on any atom is -0.459 e. The molecule has 174 valence electrons. The van der Waals surface area contributed by atoms with Gasteiger partial charge in [-0.25, -0.2) is 0 Å².